The Kier molecular flexibility index (Phi) is 14.9. The molecule has 0 bridgehead atoms. The van der Waals surface area contributed by atoms with Crippen molar-refractivity contribution in [3.63, 3.8) is 0 Å². The SMILES string of the molecule is CCCCCCCCCCCCCCCc1cccc(OC(CC)[N]S(=O)(=O)O)c1. The van der Waals surface area contributed by atoms with Gasteiger partial charge in [0.05, 0.1) is 0 Å². The summed E-state index contributed by atoms with van der Waals surface area (Å²) in [6.07, 6.45) is 17.9. The molecule has 0 spiro atoms. The van der Waals surface area contributed by atoms with Crippen LogP contribution < -0.4 is 9.46 Å². The van der Waals surface area contributed by atoms with Gasteiger partial charge < -0.3 is 4.74 Å². The number of benzene rings is 1. The van der Waals surface area contributed by atoms with Gasteiger partial charge in [0.1, 0.15) is 5.75 Å². The highest BCUT2D eigenvalue weighted by atomic mass is 32.2. The lowest BCUT2D eigenvalue weighted by Gasteiger charge is -2.15. The van der Waals surface area contributed by atoms with Crippen molar-refractivity contribution in [1.29, 1.82) is 0 Å². The average Bonchev–Trinajstić information content (AvgIpc) is 2.70. The van der Waals surface area contributed by atoms with E-state index in [2.05, 4.69) is 17.7 Å². The predicted octanol–water partition coefficient (Wildman–Crippen LogP) is 6.84. The molecule has 1 radical (unpaired) electrons. The van der Waals surface area contributed by atoms with Crippen LogP contribution in [0.4, 0.5) is 0 Å². The molecule has 173 valence electrons. The van der Waals surface area contributed by atoms with Crippen molar-refractivity contribution in [1.82, 2.24) is 4.72 Å². The van der Waals surface area contributed by atoms with E-state index in [0.29, 0.717) is 12.2 Å². The lowest BCUT2D eigenvalue weighted by molar-refractivity contribution is 0.178. The minimum absolute atomic E-state index is 0.364. The van der Waals surface area contributed by atoms with Crippen LogP contribution in [0.25, 0.3) is 0 Å². The van der Waals surface area contributed by atoms with Crippen LogP contribution in [0.5, 0.6) is 5.75 Å². The predicted molar refractivity (Wildman–Crippen MR) is 124 cm³/mol. The third-order valence-corrected chi connectivity index (χ3v) is 5.84. The fraction of sp³-hybridized carbons (Fsp3) is 0.750. The van der Waals surface area contributed by atoms with Gasteiger partial charge in [0.25, 0.3) is 0 Å². The van der Waals surface area contributed by atoms with E-state index in [1.165, 1.54) is 82.6 Å². The number of unbranched alkanes of at least 4 members (excludes halogenated alkanes) is 12. The Labute approximate surface area is 184 Å². The number of hydrogen-bond acceptors (Lipinski definition) is 3. The molecule has 1 aromatic rings. The van der Waals surface area contributed by atoms with Crippen LogP contribution in [0, 0.1) is 0 Å². The standard InChI is InChI=1S/C24H42NO4S/c1-3-5-6-7-8-9-10-11-12-13-14-15-16-18-22-19-17-20-23(21-22)29-24(4-2)25-30(26,27)28/h17,19-21,24H,3-16,18H2,1-2H3,(H,26,27,28). The van der Waals surface area contributed by atoms with E-state index < -0.39 is 16.5 Å². The maximum atomic E-state index is 10.9. The van der Waals surface area contributed by atoms with Gasteiger partial charge in [0.2, 0.25) is 0 Å². The van der Waals surface area contributed by atoms with E-state index in [-0.39, 0.29) is 0 Å². The largest absolute Gasteiger partial charge is 0.473 e. The first-order valence-corrected chi connectivity index (χ1v) is 13.3. The van der Waals surface area contributed by atoms with Crippen LogP contribution in [-0.4, -0.2) is 19.2 Å². The smallest absolute Gasteiger partial charge is 0.353 e. The molecule has 0 amide bonds. The van der Waals surface area contributed by atoms with E-state index >= 15 is 0 Å². The Morgan fingerprint density at radius 3 is 1.90 bits per heavy atom. The average molecular weight is 441 g/mol. The Bertz CT molecular complexity index is 648. The second kappa shape index (κ2) is 16.6. The number of aryl methyl sites for hydroxylation is 1. The highest BCUT2D eigenvalue weighted by Crippen LogP contribution is 2.18. The van der Waals surface area contributed by atoms with Crippen molar-refractivity contribution >= 4 is 10.3 Å². The van der Waals surface area contributed by atoms with E-state index in [1.54, 1.807) is 13.0 Å². The van der Waals surface area contributed by atoms with Gasteiger partial charge >= 0.3 is 10.3 Å². The first-order chi connectivity index (χ1) is 14.4. The first-order valence-electron chi connectivity index (χ1n) is 11.9. The third-order valence-electron chi connectivity index (χ3n) is 5.34. The van der Waals surface area contributed by atoms with Gasteiger partial charge in [-0.2, -0.15) is 8.42 Å². The van der Waals surface area contributed by atoms with Crippen molar-refractivity contribution in [2.24, 2.45) is 0 Å². The van der Waals surface area contributed by atoms with Crippen LogP contribution in [0.2, 0.25) is 0 Å². The molecule has 1 aromatic carbocycles. The minimum atomic E-state index is -4.40. The summed E-state index contributed by atoms with van der Waals surface area (Å²) < 4.78 is 39.6. The molecule has 0 aromatic heterocycles. The normalized spacial score (nSPS) is 12.8. The van der Waals surface area contributed by atoms with E-state index in [1.807, 2.05) is 12.1 Å². The summed E-state index contributed by atoms with van der Waals surface area (Å²) in [5, 5.41) is 0. The fourth-order valence-corrected chi connectivity index (χ4v) is 4.10. The van der Waals surface area contributed by atoms with Gasteiger partial charge in [-0.3, -0.25) is 4.55 Å². The summed E-state index contributed by atoms with van der Waals surface area (Å²) in [4.78, 5) is 0. The van der Waals surface area contributed by atoms with E-state index in [9.17, 15) is 8.42 Å². The zero-order valence-electron chi connectivity index (χ0n) is 19.0. The number of hydrogen-bond donors (Lipinski definition) is 1. The van der Waals surface area contributed by atoms with E-state index in [0.717, 1.165) is 12.8 Å². The summed E-state index contributed by atoms with van der Waals surface area (Å²) in [5.41, 5.74) is 1.18. The number of rotatable bonds is 19. The van der Waals surface area contributed by atoms with Crippen molar-refractivity contribution in [2.45, 2.75) is 116 Å². The van der Waals surface area contributed by atoms with Crippen LogP contribution in [0.15, 0.2) is 24.3 Å². The van der Waals surface area contributed by atoms with Gasteiger partial charge in [-0.15, -0.1) is 0 Å². The summed E-state index contributed by atoms with van der Waals surface area (Å²) in [5.74, 6) is 0.585. The van der Waals surface area contributed by atoms with Gasteiger partial charge in [-0.25, -0.2) is 0 Å². The molecule has 1 N–H and O–H groups in total. The van der Waals surface area contributed by atoms with Crippen LogP contribution in [0.1, 0.15) is 109 Å². The molecule has 0 saturated heterocycles. The van der Waals surface area contributed by atoms with Gasteiger partial charge in [-0.05, 0) is 37.0 Å². The van der Waals surface area contributed by atoms with Crippen molar-refractivity contribution in [3.05, 3.63) is 29.8 Å². The monoisotopic (exact) mass is 440 g/mol. The molecule has 1 unspecified atom stereocenters. The molecule has 0 fully saturated rings. The Morgan fingerprint density at radius 1 is 0.867 bits per heavy atom. The minimum Gasteiger partial charge on any atom is -0.473 e. The van der Waals surface area contributed by atoms with Crippen LogP contribution in [0.3, 0.4) is 0 Å². The molecule has 0 aliphatic carbocycles. The second-order valence-electron chi connectivity index (χ2n) is 8.17. The molecule has 5 nitrogen and oxygen atoms in total. The highest BCUT2D eigenvalue weighted by Gasteiger charge is 2.17. The molecular weight excluding hydrogens is 398 g/mol. The maximum Gasteiger partial charge on any atom is 0.353 e. The van der Waals surface area contributed by atoms with Crippen LogP contribution >= 0.6 is 0 Å². The summed E-state index contributed by atoms with van der Waals surface area (Å²) in [6.45, 7) is 4.03. The fourth-order valence-electron chi connectivity index (χ4n) is 3.61. The lowest BCUT2D eigenvalue weighted by atomic mass is 10.0. The molecule has 6 heteroatoms. The maximum absolute atomic E-state index is 10.9. The van der Waals surface area contributed by atoms with E-state index in [4.69, 9.17) is 9.29 Å². The summed E-state index contributed by atoms with van der Waals surface area (Å²) in [6, 6.07) is 7.69. The topological polar surface area (TPSA) is 77.7 Å². The van der Waals surface area contributed by atoms with Crippen molar-refractivity contribution in [3.8, 4) is 5.75 Å². The molecular formula is C24H42NO4S. The zero-order valence-corrected chi connectivity index (χ0v) is 19.8. The van der Waals surface area contributed by atoms with Gasteiger partial charge in [0.15, 0.2) is 6.23 Å². The molecule has 0 aliphatic heterocycles. The van der Waals surface area contributed by atoms with Gasteiger partial charge in [-0.1, -0.05) is 108 Å². The number of ether oxygens (including phenoxy) is 1. The van der Waals surface area contributed by atoms with Crippen molar-refractivity contribution in [2.75, 3.05) is 0 Å². The Morgan fingerprint density at radius 2 is 1.40 bits per heavy atom. The summed E-state index contributed by atoms with van der Waals surface area (Å²) in [7, 11) is -4.40. The molecule has 0 saturated carbocycles. The van der Waals surface area contributed by atoms with Crippen LogP contribution in [-0.2, 0) is 16.7 Å². The highest BCUT2D eigenvalue weighted by molar-refractivity contribution is 7.83. The molecule has 0 aliphatic rings. The molecule has 30 heavy (non-hydrogen) atoms. The summed E-state index contributed by atoms with van der Waals surface area (Å²) >= 11 is 0. The Balaban J connectivity index is 2.11. The molecule has 0 heterocycles. The van der Waals surface area contributed by atoms with Gasteiger partial charge in [0, 0.05) is 0 Å². The molecule has 1 atom stereocenters. The number of nitrogens with zero attached hydrogens (tertiary/aromatic N) is 1. The molecule has 1 rings (SSSR count). The first kappa shape index (κ1) is 26.9. The quantitative estimate of drug-likeness (QED) is 0.189. The second-order valence-corrected chi connectivity index (χ2v) is 9.28. The third kappa shape index (κ3) is 14.8. The Hall–Kier alpha value is -1.11. The lowest BCUT2D eigenvalue weighted by Crippen LogP contribution is -2.31. The van der Waals surface area contributed by atoms with Crippen molar-refractivity contribution < 1.29 is 17.7 Å². The zero-order chi connectivity index (χ0) is 22.1.